The highest BCUT2D eigenvalue weighted by molar-refractivity contribution is 5.96. The fraction of sp³-hybridized carbons (Fsp3) is 0.300. The number of nitro benzene ring substituents is 1. The molecule has 2 aromatic rings. The molecule has 0 saturated carbocycles. The van der Waals surface area contributed by atoms with Crippen molar-refractivity contribution in [3.8, 4) is 11.5 Å². The summed E-state index contributed by atoms with van der Waals surface area (Å²) in [5.74, 6) is -0.641. The number of amides is 2. The van der Waals surface area contributed by atoms with Gasteiger partial charge in [-0.15, -0.1) is 0 Å². The van der Waals surface area contributed by atoms with Gasteiger partial charge in [-0.1, -0.05) is 12.1 Å². The highest BCUT2D eigenvalue weighted by Gasteiger charge is 2.20. The summed E-state index contributed by atoms with van der Waals surface area (Å²) in [4.78, 5) is 35.0. The number of hydrogen-bond acceptors (Lipinski definition) is 6. The van der Waals surface area contributed by atoms with Crippen LogP contribution in [0.4, 0.5) is 5.69 Å². The van der Waals surface area contributed by atoms with E-state index in [1.165, 1.54) is 12.1 Å². The van der Waals surface area contributed by atoms with E-state index in [0.29, 0.717) is 5.75 Å². The number of hydrogen-bond donors (Lipinski definition) is 2. The van der Waals surface area contributed by atoms with Gasteiger partial charge in [0, 0.05) is 11.6 Å². The average molecular weight is 401 g/mol. The molecule has 0 aromatic heterocycles. The number of hydrazine groups is 1. The maximum Gasteiger partial charge on any atom is 0.311 e. The molecule has 0 spiro atoms. The second-order valence-corrected chi connectivity index (χ2v) is 6.27. The molecule has 0 aliphatic heterocycles. The zero-order valence-corrected chi connectivity index (χ0v) is 16.6. The third-order valence-corrected chi connectivity index (χ3v) is 4.24. The summed E-state index contributed by atoms with van der Waals surface area (Å²) >= 11 is 0. The molecule has 0 fully saturated rings. The van der Waals surface area contributed by atoms with E-state index in [2.05, 4.69) is 10.9 Å². The van der Waals surface area contributed by atoms with Gasteiger partial charge in [0.2, 0.25) is 0 Å². The van der Waals surface area contributed by atoms with E-state index in [9.17, 15) is 19.7 Å². The number of rotatable bonds is 7. The number of carbonyl (C=O) groups excluding carboxylic acids is 2. The van der Waals surface area contributed by atoms with Crippen molar-refractivity contribution in [1.29, 1.82) is 0 Å². The molecule has 2 rings (SSSR count). The van der Waals surface area contributed by atoms with Crippen LogP contribution in [0.2, 0.25) is 0 Å². The first kappa shape index (κ1) is 21.7. The van der Waals surface area contributed by atoms with Gasteiger partial charge in [0.1, 0.15) is 5.75 Å². The first-order chi connectivity index (χ1) is 13.7. The Bertz CT molecular complexity index is 928. The van der Waals surface area contributed by atoms with Gasteiger partial charge >= 0.3 is 5.69 Å². The molecular formula is C20H23N3O6. The minimum Gasteiger partial charge on any atom is -0.487 e. The van der Waals surface area contributed by atoms with Gasteiger partial charge in [0.25, 0.3) is 11.8 Å². The van der Waals surface area contributed by atoms with Crippen LogP contribution < -0.4 is 20.3 Å². The quantitative estimate of drug-likeness (QED) is 0.544. The van der Waals surface area contributed by atoms with Gasteiger partial charge in [-0.2, -0.15) is 0 Å². The number of nitrogens with zero attached hydrogens (tertiary/aromatic N) is 1. The van der Waals surface area contributed by atoms with Gasteiger partial charge in [0.15, 0.2) is 11.9 Å². The fourth-order valence-corrected chi connectivity index (χ4v) is 2.47. The van der Waals surface area contributed by atoms with Gasteiger partial charge in [0.05, 0.1) is 11.5 Å². The van der Waals surface area contributed by atoms with E-state index in [4.69, 9.17) is 9.47 Å². The topological polar surface area (TPSA) is 120 Å². The Hall–Kier alpha value is -3.62. The molecule has 0 radical (unpaired) electrons. The second kappa shape index (κ2) is 9.54. The van der Waals surface area contributed by atoms with Crippen LogP contribution in [0.15, 0.2) is 36.4 Å². The molecule has 1 atom stereocenters. The van der Waals surface area contributed by atoms with Crippen LogP contribution in [-0.4, -0.2) is 29.4 Å². The summed E-state index contributed by atoms with van der Waals surface area (Å²) in [6.07, 6.45) is -0.870. The van der Waals surface area contributed by atoms with Crippen molar-refractivity contribution in [3.05, 3.63) is 63.2 Å². The number of nitrogens with one attached hydrogen (secondary N) is 2. The summed E-state index contributed by atoms with van der Waals surface area (Å²) in [6, 6.07) is 9.30. The largest absolute Gasteiger partial charge is 0.487 e. The molecule has 0 aliphatic rings. The molecule has 2 aromatic carbocycles. The third kappa shape index (κ3) is 5.44. The maximum absolute atomic E-state index is 12.2. The Morgan fingerprint density at radius 2 is 1.86 bits per heavy atom. The van der Waals surface area contributed by atoms with Crippen molar-refractivity contribution in [2.45, 2.75) is 33.8 Å². The number of benzene rings is 2. The number of ether oxygens (including phenoxy) is 2. The molecule has 9 heteroatoms. The zero-order chi connectivity index (χ0) is 21.6. The van der Waals surface area contributed by atoms with E-state index in [-0.39, 0.29) is 23.6 Å². The van der Waals surface area contributed by atoms with E-state index in [0.717, 1.165) is 17.2 Å². The van der Waals surface area contributed by atoms with E-state index >= 15 is 0 Å². The lowest BCUT2D eigenvalue weighted by Gasteiger charge is -2.17. The van der Waals surface area contributed by atoms with Crippen molar-refractivity contribution >= 4 is 17.5 Å². The Morgan fingerprint density at radius 1 is 1.14 bits per heavy atom. The van der Waals surface area contributed by atoms with Crippen LogP contribution in [0.25, 0.3) is 0 Å². The standard InChI is InChI=1S/C20H23N3O6/c1-5-28-18-10-9-15(11-16(18)23(26)27)20(25)22-21-19(24)14(4)29-17-8-6-7-12(2)13(17)3/h6-11,14H,5H2,1-4H3,(H,21,24)(H,22,25)/t14-/m1/s1. The summed E-state index contributed by atoms with van der Waals surface area (Å²) < 4.78 is 10.8. The number of carbonyl (C=O) groups is 2. The summed E-state index contributed by atoms with van der Waals surface area (Å²) in [7, 11) is 0. The first-order valence-corrected chi connectivity index (χ1v) is 8.98. The lowest BCUT2D eigenvalue weighted by Crippen LogP contribution is -2.47. The highest BCUT2D eigenvalue weighted by Crippen LogP contribution is 2.28. The normalized spacial score (nSPS) is 11.3. The van der Waals surface area contributed by atoms with Crippen LogP contribution in [-0.2, 0) is 4.79 Å². The van der Waals surface area contributed by atoms with Gasteiger partial charge in [-0.3, -0.25) is 30.6 Å². The molecule has 0 unspecified atom stereocenters. The molecule has 9 nitrogen and oxygen atoms in total. The fourth-order valence-electron chi connectivity index (χ4n) is 2.47. The molecule has 2 amide bonds. The Morgan fingerprint density at radius 3 is 2.52 bits per heavy atom. The second-order valence-electron chi connectivity index (χ2n) is 6.27. The Labute approximate surface area is 168 Å². The minimum atomic E-state index is -0.870. The predicted octanol–water partition coefficient (Wildman–Crippen LogP) is 2.84. The number of nitro groups is 1. The molecular weight excluding hydrogens is 378 g/mol. The monoisotopic (exact) mass is 401 g/mol. The van der Waals surface area contributed by atoms with Crippen LogP contribution in [0.3, 0.4) is 0 Å². The lowest BCUT2D eigenvalue weighted by molar-refractivity contribution is -0.385. The SMILES string of the molecule is CCOc1ccc(C(=O)NNC(=O)[C@@H](C)Oc2cccc(C)c2C)cc1[N+](=O)[O-]. The molecule has 29 heavy (non-hydrogen) atoms. The molecule has 0 aliphatic carbocycles. The first-order valence-electron chi connectivity index (χ1n) is 8.98. The summed E-state index contributed by atoms with van der Waals surface area (Å²) in [6.45, 7) is 7.31. The van der Waals surface area contributed by atoms with Crippen molar-refractivity contribution in [3.63, 3.8) is 0 Å². The molecule has 154 valence electrons. The van der Waals surface area contributed by atoms with Crippen molar-refractivity contribution in [2.24, 2.45) is 0 Å². The van der Waals surface area contributed by atoms with E-state index in [1.54, 1.807) is 19.9 Å². The van der Waals surface area contributed by atoms with Crippen LogP contribution >= 0.6 is 0 Å². The summed E-state index contributed by atoms with van der Waals surface area (Å²) in [5, 5.41) is 11.2. The van der Waals surface area contributed by atoms with Gasteiger partial charge < -0.3 is 9.47 Å². The smallest absolute Gasteiger partial charge is 0.311 e. The average Bonchev–Trinajstić information content (AvgIpc) is 2.69. The minimum absolute atomic E-state index is 0.00329. The Kier molecular flexibility index (Phi) is 7.13. The molecule has 0 saturated heterocycles. The number of aryl methyl sites for hydroxylation is 1. The van der Waals surface area contributed by atoms with Crippen LogP contribution in [0.5, 0.6) is 11.5 Å². The van der Waals surface area contributed by atoms with Crippen molar-refractivity contribution in [1.82, 2.24) is 10.9 Å². The Balaban J connectivity index is 2.00. The summed E-state index contributed by atoms with van der Waals surface area (Å²) in [5.41, 5.74) is 6.10. The molecule has 2 N–H and O–H groups in total. The highest BCUT2D eigenvalue weighted by atomic mass is 16.6. The van der Waals surface area contributed by atoms with Gasteiger partial charge in [-0.05, 0) is 57.0 Å². The maximum atomic E-state index is 12.2. The molecule has 0 heterocycles. The van der Waals surface area contributed by atoms with E-state index in [1.807, 2.05) is 26.0 Å². The molecule has 0 bridgehead atoms. The lowest BCUT2D eigenvalue weighted by atomic mass is 10.1. The van der Waals surface area contributed by atoms with Crippen LogP contribution in [0, 0.1) is 24.0 Å². The van der Waals surface area contributed by atoms with Crippen molar-refractivity contribution in [2.75, 3.05) is 6.61 Å². The van der Waals surface area contributed by atoms with E-state index < -0.39 is 22.8 Å². The zero-order valence-electron chi connectivity index (χ0n) is 16.6. The predicted molar refractivity (Wildman–Crippen MR) is 106 cm³/mol. The third-order valence-electron chi connectivity index (χ3n) is 4.24. The van der Waals surface area contributed by atoms with Crippen LogP contribution in [0.1, 0.15) is 35.3 Å². The van der Waals surface area contributed by atoms with Crippen molar-refractivity contribution < 1.29 is 24.0 Å². The van der Waals surface area contributed by atoms with Gasteiger partial charge in [-0.25, -0.2) is 0 Å².